The van der Waals surface area contributed by atoms with Crippen LogP contribution in [0.1, 0.15) is 19.0 Å². The third-order valence-corrected chi connectivity index (χ3v) is 3.83. The fraction of sp³-hybridized carbons (Fsp3) is 0.308. The van der Waals surface area contributed by atoms with Crippen molar-refractivity contribution in [2.75, 3.05) is 11.9 Å². The van der Waals surface area contributed by atoms with Crippen molar-refractivity contribution in [1.82, 2.24) is 29.9 Å². The van der Waals surface area contributed by atoms with E-state index in [2.05, 4.69) is 42.1 Å². The topological polar surface area (TPSA) is 92.3 Å². The van der Waals surface area contributed by atoms with E-state index >= 15 is 0 Å². The van der Waals surface area contributed by atoms with Crippen LogP contribution in [0.25, 0.3) is 11.2 Å². The summed E-state index contributed by atoms with van der Waals surface area (Å²) in [6.45, 7) is 3.02. The number of hydrogen-bond acceptors (Lipinski definition) is 7. The van der Waals surface area contributed by atoms with Crippen molar-refractivity contribution in [3.63, 3.8) is 0 Å². The number of fused-ring (bicyclic) bond motifs is 1. The van der Waals surface area contributed by atoms with Gasteiger partial charge in [-0.1, -0.05) is 18.7 Å². The van der Waals surface area contributed by atoms with Gasteiger partial charge in [-0.25, -0.2) is 19.9 Å². The Hall–Kier alpha value is -2.22. The molecule has 108 valence electrons. The monoisotopic (exact) mass is 301 g/mol. The van der Waals surface area contributed by atoms with Gasteiger partial charge in [0.1, 0.15) is 22.7 Å². The molecule has 0 aromatic carbocycles. The van der Waals surface area contributed by atoms with Gasteiger partial charge in [-0.15, -0.1) is 0 Å². The Morgan fingerprint density at radius 2 is 2.10 bits per heavy atom. The van der Waals surface area contributed by atoms with Gasteiger partial charge in [0.05, 0.1) is 24.4 Å². The van der Waals surface area contributed by atoms with Crippen LogP contribution in [0, 0.1) is 0 Å². The van der Waals surface area contributed by atoms with E-state index in [0.29, 0.717) is 11.4 Å². The zero-order valence-electron chi connectivity index (χ0n) is 11.6. The molecule has 0 amide bonds. The van der Waals surface area contributed by atoms with Crippen LogP contribution < -0.4 is 5.32 Å². The molecule has 2 N–H and O–H groups in total. The van der Waals surface area contributed by atoms with Gasteiger partial charge in [0.2, 0.25) is 0 Å². The molecule has 0 radical (unpaired) electrons. The zero-order chi connectivity index (χ0) is 14.5. The molecule has 8 heteroatoms. The lowest BCUT2D eigenvalue weighted by atomic mass is 10.4. The van der Waals surface area contributed by atoms with Crippen molar-refractivity contribution >= 4 is 28.7 Å². The summed E-state index contributed by atoms with van der Waals surface area (Å²) in [4.78, 5) is 24.3. The van der Waals surface area contributed by atoms with Crippen LogP contribution in [-0.4, -0.2) is 36.4 Å². The van der Waals surface area contributed by atoms with Crippen molar-refractivity contribution < 1.29 is 0 Å². The molecule has 0 saturated carbocycles. The van der Waals surface area contributed by atoms with Crippen LogP contribution in [0.3, 0.4) is 0 Å². The molecule has 21 heavy (non-hydrogen) atoms. The Labute approximate surface area is 126 Å². The zero-order valence-corrected chi connectivity index (χ0v) is 12.4. The highest BCUT2D eigenvalue weighted by Gasteiger charge is 2.07. The smallest absolute Gasteiger partial charge is 0.181 e. The summed E-state index contributed by atoms with van der Waals surface area (Å²) >= 11 is 1.59. The average Bonchev–Trinajstić information content (AvgIpc) is 3.01. The highest BCUT2D eigenvalue weighted by Crippen LogP contribution is 2.24. The second kappa shape index (κ2) is 6.49. The number of anilines is 1. The molecular formula is C13H15N7S. The van der Waals surface area contributed by atoms with Crippen LogP contribution in [-0.2, 0) is 5.75 Å². The van der Waals surface area contributed by atoms with Crippen molar-refractivity contribution in [2.24, 2.45) is 0 Å². The van der Waals surface area contributed by atoms with E-state index in [9.17, 15) is 0 Å². The van der Waals surface area contributed by atoms with Gasteiger partial charge < -0.3 is 10.3 Å². The maximum absolute atomic E-state index is 4.40. The van der Waals surface area contributed by atoms with Crippen molar-refractivity contribution in [3.05, 3.63) is 30.7 Å². The van der Waals surface area contributed by atoms with E-state index < -0.39 is 0 Å². The number of rotatable bonds is 6. The second-order valence-electron chi connectivity index (χ2n) is 4.39. The minimum atomic E-state index is 0.678. The van der Waals surface area contributed by atoms with Crippen molar-refractivity contribution in [2.45, 2.75) is 24.1 Å². The van der Waals surface area contributed by atoms with Gasteiger partial charge in [-0.05, 0) is 6.42 Å². The molecule has 0 spiro atoms. The number of nitrogens with zero attached hydrogens (tertiary/aromatic N) is 5. The minimum absolute atomic E-state index is 0.678. The summed E-state index contributed by atoms with van der Waals surface area (Å²) in [5, 5.41) is 4.07. The fourth-order valence-electron chi connectivity index (χ4n) is 1.77. The summed E-state index contributed by atoms with van der Waals surface area (Å²) < 4.78 is 0. The van der Waals surface area contributed by atoms with Gasteiger partial charge in [-0.3, -0.25) is 4.98 Å². The van der Waals surface area contributed by atoms with Crippen LogP contribution in [0.2, 0.25) is 0 Å². The summed E-state index contributed by atoms with van der Waals surface area (Å²) in [6, 6.07) is 0. The molecule has 0 atom stereocenters. The number of thioether (sulfide) groups is 1. The fourth-order valence-corrected chi connectivity index (χ4v) is 2.62. The maximum atomic E-state index is 4.40. The third-order valence-electron chi connectivity index (χ3n) is 2.81. The van der Waals surface area contributed by atoms with Crippen molar-refractivity contribution in [1.29, 1.82) is 0 Å². The largest absolute Gasteiger partial charge is 0.369 e. The Morgan fingerprint density at radius 3 is 2.90 bits per heavy atom. The predicted octanol–water partition coefficient (Wildman–Crippen LogP) is 2.26. The average molecular weight is 301 g/mol. The Bertz CT molecular complexity index is 710. The molecule has 0 fully saturated rings. The first-order valence-corrected chi connectivity index (χ1v) is 7.67. The molecule has 0 saturated heterocycles. The standard InChI is InChI=1S/C13H15N7S/c1-2-3-14-10-5-15-9(4-16-10)6-21-13-11-12(18-7-17-11)19-8-20-13/h4-5,7-8H,2-3,6H2,1H3,(H,14,16)(H,17,18,19,20). The number of imidazole rings is 1. The molecule has 0 aliphatic carbocycles. The van der Waals surface area contributed by atoms with Crippen molar-refractivity contribution in [3.8, 4) is 0 Å². The van der Waals surface area contributed by atoms with E-state index in [1.807, 2.05) is 0 Å². The van der Waals surface area contributed by atoms with Gasteiger partial charge in [-0.2, -0.15) is 0 Å². The molecule has 3 heterocycles. The SMILES string of the molecule is CCCNc1cnc(CSc2ncnc3nc[nH]c23)cn1. The predicted molar refractivity (Wildman–Crippen MR) is 82.1 cm³/mol. The first-order chi connectivity index (χ1) is 10.4. The molecular weight excluding hydrogens is 286 g/mol. The normalized spacial score (nSPS) is 10.9. The van der Waals surface area contributed by atoms with Crippen LogP contribution in [0.5, 0.6) is 0 Å². The van der Waals surface area contributed by atoms with Crippen LogP contribution in [0.15, 0.2) is 30.1 Å². The maximum Gasteiger partial charge on any atom is 0.181 e. The minimum Gasteiger partial charge on any atom is -0.369 e. The van der Waals surface area contributed by atoms with E-state index in [-0.39, 0.29) is 0 Å². The number of aromatic amines is 1. The Balaban J connectivity index is 1.66. The first-order valence-electron chi connectivity index (χ1n) is 6.68. The molecule has 0 bridgehead atoms. The number of nitrogens with one attached hydrogen (secondary N) is 2. The van der Waals surface area contributed by atoms with Gasteiger partial charge in [0.15, 0.2) is 5.65 Å². The van der Waals surface area contributed by atoms with Gasteiger partial charge in [0.25, 0.3) is 0 Å². The second-order valence-corrected chi connectivity index (χ2v) is 5.35. The highest BCUT2D eigenvalue weighted by molar-refractivity contribution is 7.98. The third kappa shape index (κ3) is 3.27. The summed E-state index contributed by atoms with van der Waals surface area (Å²) in [7, 11) is 0. The highest BCUT2D eigenvalue weighted by atomic mass is 32.2. The van der Waals surface area contributed by atoms with E-state index in [4.69, 9.17) is 0 Å². The summed E-state index contributed by atoms with van der Waals surface area (Å²) in [5.74, 6) is 1.51. The number of hydrogen-bond donors (Lipinski definition) is 2. The Morgan fingerprint density at radius 1 is 1.14 bits per heavy atom. The van der Waals surface area contributed by atoms with Gasteiger partial charge >= 0.3 is 0 Å². The van der Waals surface area contributed by atoms with Crippen LogP contribution in [0.4, 0.5) is 5.82 Å². The molecule has 3 aromatic rings. The molecule has 0 unspecified atom stereocenters. The van der Waals surface area contributed by atoms with E-state index in [1.165, 1.54) is 6.33 Å². The molecule has 0 aliphatic rings. The first kappa shape index (κ1) is 13.7. The lowest BCUT2D eigenvalue weighted by molar-refractivity contribution is 0.960. The van der Waals surface area contributed by atoms with E-state index in [0.717, 1.165) is 35.0 Å². The van der Waals surface area contributed by atoms with Crippen LogP contribution >= 0.6 is 11.8 Å². The summed E-state index contributed by atoms with van der Waals surface area (Å²) in [5.41, 5.74) is 2.45. The van der Waals surface area contributed by atoms with Gasteiger partial charge in [0, 0.05) is 12.3 Å². The lowest BCUT2D eigenvalue weighted by Crippen LogP contribution is -2.02. The molecule has 0 aliphatic heterocycles. The lowest BCUT2D eigenvalue weighted by Gasteiger charge is -2.04. The molecule has 3 aromatic heterocycles. The quantitative estimate of drug-likeness (QED) is 0.533. The number of H-pyrrole nitrogens is 1. The number of aromatic nitrogens is 6. The Kier molecular flexibility index (Phi) is 4.25. The molecule has 3 rings (SSSR count). The van der Waals surface area contributed by atoms with E-state index in [1.54, 1.807) is 30.5 Å². The molecule has 7 nitrogen and oxygen atoms in total. The summed E-state index contributed by atoms with van der Waals surface area (Å²) in [6.07, 6.45) is 7.76.